The molecule has 0 aliphatic carbocycles. The van der Waals surface area contributed by atoms with Crippen molar-refractivity contribution in [2.75, 3.05) is 7.05 Å². The van der Waals surface area contributed by atoms with Crippen LogP contribution < -0.4 is 5.32 Å². The summed E-state index contributed by atoms with van der Waals surface area (Å²) in [5.41, 5.74) is 2.34. The molecular formula is C16H20N4S. The van der Waals surface area contributed by atoms with E-state index in [4.69, 9.17) is 4.98 Å². The molecule has 0 radical (unpaired) electrons. The summed E-state index contributed by atoms with van der Waals surface area (Å²) < 4.78 is 3.48. The number of fused-ring (bicyclic) bond motifs is 1. The van der Waals surface area contributed by atoms with Gasteiger partial charge in [-0.3, -0.25) is 0 Å². The Hall–Kier alpha value is -1.72. The van der Waals surface area contributed by atoms with Crippen molar-refractivity contribution < 1.29 is 0 Å². The van der Waals surface area contributed by atoms with Crippen LogP contribution in [0.25, 0.3) is 10.2 Å². The third kappa shape index (κ3) is 2.99. The zero-order chi connectivity index (χ0) is 14.7. The minimum absolute atomic E-state index is 0.231. The van der Waals surface area contributed by atoms with Crippen LogP contribution in [-0.2, 0) is 13.0 Å². The van der Waals surface area contributed by atoms with Crippen molar-refractivity contribution in [3.8, 4) is 0 Å². The maximum Gasteiger partial charge on any atom is 0.111 e. The Morgan fingerprint density at radius 2 is 2.19 bits per heavy atom. The molecule has 0 spiro atoms. The van der Waals surface area contributed by atoms with Crippen LogP contribution in [0.3, 0.4) is 0 Å². The Kier molecular flexibility index (Phi) is 4.31. The average molecular weight is 300 g/mol. The minimum Gasteiger partial charge on any atom is -0.335 e. The average Bonchev–Trinajstić information content (AvgIpc) is 3.11. The Morgan fingerprint density at radius 1 is 1.33 bits per heavy atom. The zero-order valence-corrected chi connectivity index (χ0v) is 13.2. The summed E-state index contributed by atoms with van der Waals surface area (Å²) in [6.07, 6.45) is 5.92. The number of nitrogens with zero attached hydrogens (tertiary/aromatic N) is 3. The molecule has 0 aliphatic rings. The molecule has 110 valence electrons. The normalized spacial score (nSPS) is 12.9. The van der Waals surface area contributed by atoms with Crippen molar-refractivity contribution in [1.29, 1.82) is 0 Å². The predicted octanol–water partition coefficient (Wildman–Crippen LogP) is 3.41. The van der Waals surface area contributed by atoms with Crippen molar-refractivity contribution in [2.24, 2.45) is 0 Å². The highest BCUT2D eigenvalue weighted by atomic mass is 32.1. The Morgan fingerprint density at radius 3 is 2.95 bits per heavy atom. The molecule has 1 unspecified atom stereocenters. The summed E-state index contributed by atoms with van der Waals surface area (Å²) in [6.45, 7) is 3.21. The first-order valence-corrected chi connectivity index (χ1v) is 8.15. The van der Waals surface area contributed by atoms with Crippen LogP contribution in [0.15, 0.2) is 36.8 Å². The number of para-hydroxylation sites is 1. The van der Waals surface area contributed by atoms with Gasteiger partial charge in [-0.05, 0) is 25.6 Å². The van der Waals surface area contributed by atoms with E-state index in [0.717, 1.165) is 29.9 Å². The van der Waals surface area contributed by atoms with E-state index in [1.807, 2.05) is 25.6 Å². The lowest BCUT2D eigenvalue weighted by Crippen LogP contribution is -2.20. The van der Waals surface area contributed by atoms with Crippen LogP contribution in [-0.4, -0.2) is 21.6 Å². The van der Waals surface area contributed by atoms with Gasteiger partial charge in [0.25, 0.3) is 0 Å². The van der Waals surface area contributed by atoms with E-state index in [-0.39, 0.29) is 6.04 Å². The van der Waals surface area contributed by atoms with E-state index < -0.39 is 0 Å². The fourth-order valence-corrected chi connectivity index (χ4v) is 3.60. The molecule has 0 saturated carbocycles. The largest absolute Gasteiger partial charge is 0.335 e. The van der Waals surface area contributed by atoms with E-state index in [1.54, 1.807) is 11.3 Å². The molecule has 0 bridgehead atoms. The maximum absolute atomic E-state index is 4.77. The lowest BCUT2D eigenvalue weighted by molar-refractivity contribution is 0.552. The van der Waals surface area contributed by atoms with Gasteiger partial charge >= 0.3 is 0 Å². The third-order valence-corrected chi connectivity index (χ3v) is 4.78. The van der Waals surface area contributed by atoms with Crippen molar-refractivity contribution in [2.45, 2.75) is 32.4 Å². The van der Waals surface area contributed by atoms with E-state index in [0.29, 0.717) is 0 Å². The highest BCUT2D eigenvalue weighted by Gasteiger charge is 2.17. The molecule has 0 saturated heterocycles. The second kappa shape index (κ2) is 6.37. The monoisotopic (exact) mass is 300 g/mol. The van der Waals surface area contributed by atoms with Crippen molar-refractivity contribution in [1.82, 2.24) is 19.9 Å². The smallest absolute Gasteiger partial charge is 0.111 e. The minimum atomic E-state index is 0.231. The number of likely N-dealkylation sites (N-methyl/N-ethyl adjacent to an activating group) is 1. The Labute approximate surface area is 128 Å². The summed E-state index contributed by atoms with van der Waals surface area (Å²) >= 11 is 1.77. The molecule has 0 fully saturated rings. The third-order valence-electron chi connectivity index (χ3n) is 3.63. The Balaban J connectivity index is 1.85. The summed E-state index contributed by atoms with van der Waals surface area (Å²) in [4.78, 5) is 9.05. The molecule has 1 aromatic carbocycles. The standard InChI is InChI=1S/C16H20N4S/c1-3-8-20-11-18-10-12(20)9-14(17-2)16-19-13-6-4-5-7-15(13)21-16/h4-7,10-11,14,17H,3,8-9H2,1-2H3. The molecule has 3 aromatic rings. The maximum atomic E-state index is 4.77. The van der Waals surface area contributed by atoms with Gasteiger partial charge < -0.3 is 9.88 Å². The highest BCUT2D eigenvalue weighted by molar-refractivity contribution is 7.18. The lowest BCUT2D eigenvalue weighted by atomic mass is 10.1. The number of nitrogens with one attached hydrogen (secondary N) is 1. The van der Waals surface area contributed by atoms with Crippen molar-refractivity contribution in [3.63, 3.8) is 0 Å². The molecule has 1 atom stereocenters. The summed E-state index contributed by atoms with van der Waals surface area (Å²) in [7, 11) is 2.00. The van der Waals surface area contributed by atoms with Gasteiger partial charge in [-0.25, -0.2) is 9.97 Å². The Bertz CT molecular complexity index is 683. The molecule has 3 rings (SSSR count). The van der Waals surface area contributed by atoms with Gasteiger partial charge in [0, 0.05) is 24.9 Å². The molecule has 21 heavy (non-hydrogen) atoms. The second-order valence-corrected chi connectivity index (χ2v) is 6.21. The number of imidazole rings is 1. The van der Waals surface area contributed by atoms with Gasteiger partial charge in [0.05, 0.1) is 22.6 Å². The highest BCUT2D eigenvalue weighted by Crippen LogP contribution is 2.28. The number of thiazole rings is 1. The number of hydrogen-bond donors (Lipinski definition) is 1. The molecule has 5 heteroatoms. The van der Waals surface area contributed by atoms with Gasteiger partial charge in [0.1, 0.15) is 5.01 Å². The molecule has 0 aliphatic heterocycles. The van der Waals surface area contributed by atoms with E-state index in [2.05, 4.69) is 40.0 Å². The number of aryl methyl sites for hydroxylation is 1. The van der Waals surface area contributed by atoms with Crippen molar-refractivity contribution in [3.05, 3.63) is 47.5 Å². The number of aromatic nitrogens is 3. The second-order valence-electron chi connectivity index (χ2n) is 5.14. The van der Waals surface area contributed by atoms with E-state index in [9.17, 15) is 0 Å². The van der Waals surface area contributed by atoms with Crippen LogP contribution in [0.2, 0.25) is 0 Å². The first-order valence-electron chi connectivity index (χ1n) is 7.33. The molecule has 2 heterocycles. The van der Waals surface area contributed by atoms with Crippen LogP contribution >= 0.6 is 11.3 Å². The molecule has 4 nitrogen and oxygen atoms in total. The fourth-order valence-electron chi connectivity index (χ4n) is 2.52. The van der Waals surface area contributed by atoms with Gasteiger partial charge in [0.2, 0.25) is 0 Å². The first kappa shape index (κ1) is 14.2. The van der Waals surface area contributed by atoms with E-state index in [1.165, 1.54) is 10.4 Å². The SMILES string of the molecule is CCCn1cncc1CC(NC)c1nc2ccccc2s1. The molecule has 1 N–H and O–H groups in total. The van der Waals surface area contributed by atoms with Gasteiger partial charge in [-0.15, -0.1) is 11.3 Å². The first-order chi connectivity index (χ1) is 10.3. The zero-order valence-electron chi connectivity index (χ0n) is 12.4. The summed E-state index contributed by atoms with van der Waals surface area (Å²) in [5, 5.41) is 4.54. The number of rotatable bonds is 6. The van der Waals surface area contributed by atoms with Crippen LogP contribution in [0.1, 0.15) is 30.1 Å². The van der Waals surface area contributed by atoms with Gasteiger partial charge in [-0.1, -0.05) is 19.1 Å². The molecule has 0 amide bonds. The number of hydrogen-bond acceptors (Lipinski definition) is 4. The van der Waals surface area contributed by atoms with Crippen LogP contribution in [0.5, 0.6) is 0 Å². The molecule has 2 aromatic heterocycles. The van der Waals surface area contributed by atoms with Crippen molar-refractivity contribution >= 4 is 21.6 Å². The predicted molar refractivity (Wildman–Crippen MR) is 87.6 cm³/mol. The van der Waals surface area contributed by atoms with Gasteiger partial charge in [0.15, 0.2) is 0 Å². The number of benzene rings is 1. The lowest BCUT2D eigenvalue weighted by Gasteiger charge is -2.14. The fraction of sp³-hybridized carbons (Fsp3) is 0.375. The summed E-state index contributed by atoms with van der Waals surface area (Å²) in [5.74, 6) is 0. The van der Waals surface area contributed by atoms with Gasteiger partial charge in [-0.2, -0.15) is 0 Å². The van der Waals surface area contributed by atoms with E-state index >= 15 is 0 Å². The van der Waals surface area contributed by atoms with Crippen LogP contribution in [0.4, 0.5) is 0 Å². The summed E-state index contributed by atoms with van der Waals surface area (Å²) in [6, 6.07) is 8.54. The quantitative estimate of drug-likeness (QED) is 0.758. The topological polar surface area (TPSA) is 42.7 Å². The van der Waals surface area contributed by atoms with Crippen LogP contribution in [0, 0.1) is 0 Å². The molecular weight excluding hydrogens is 280 g/mol.